The third-order valence-corrected chi connectivity index (χ3v) is 9.52. The first-order valence-electron chi connectivity index (χ1n) is 16.5. The van der Waals surface area contributed by atoms with Crippen LogP contribution in [0, 0.1) is 5.82 Å². The zero-order valence-corrected chi connectivity index (χ0v) is 30.2. The number of fused-ring (bicyclic) bond motifs is 1. The molecule has 1 aliphatic carbocycles. The van der Waals surface area contributed by atoms with Crippen molar-refractivity contribution in [2.24, 2.45) is 0 Å². The number of nitrogens with one attached hydrogen (secondary N) is 3. The largest absolute Gasteiger partial charge is 0.472 e. The van der Waals surface area contributed by atoms with Gasteiger partial charge in [0.15, 0.2) is 0 Å². The summed E-state index contributed by atoms with van der Waals surface area (Å²) in [4.78, 5) is 4.13. The Balaban J connectivity index is 1.21. The van der Waals surface area contributed by atoms with Gasteiger partial charge in [-0.1, -0.05) is 60.8 Å². The van der Waals surface area contributed by atoms with Gasteiger partial charge in [0.1, 0.15) is 12.4 Å². The Morgan fingerprint density at radius 1 is 1.10 bits per heavy atom. The number of anilines is 1. The molecule has 1 aromatic heterocycles. The molecule has 3 N–H and O–H groups in total. The summed E-state index contributed by atoms with van der Waals surface area (Å²) >= 11 is 7.30. The van der Waals surface area contributed by atoms with Crippen molar-refractivity contribution in [3.05, 3.63) is 130 Å². The van der Waals surface area contributed by atoms with Gasteiger partial charge in [0.05, 0.1) is 49.1 Å². The average Bonchev–Trinajstić information content (AvgIpc) is 3.10. The standard InChI is InChI=1S/C38H41ClF3IN4O2/c1-3-30(18-34(26-11-13-29(39)14-12-26)28-10-9-25-7-5-6-8-27(25)17-28)47-36-21-44-20-35(40)33(36)16-15-32-19-45-31(22-48-32)23-49-37(4-2)46-24-38(41,42)43/h9-14,17,20-21,31-32,34,45-47H,1-2,5-8,15-16,18-19,22-24H2/t31-,32+,34-/m0/s1. The number of aromatic nitrogens is 1. The molecular formula is C38H41ClF3IN4O2. The molecule has 3 aromatic rings. The molecule has 2 heterocycles. The third-order valence-electron chi connectivity index (χ3n) is 8.88. The molecule has 49 heavy (non-hydrogen) atoms. The normalized spacial score (nSPS) is 18.0. The molecule has 2 aromatic carbocycles. The van der Waals surface area contributed by atoms with Gasteiger partial charge in [-0.05, 0) is 72.9 Å². The Morgan fingerprint density at radius 3 is 2.55 bits per heavy atom. The molecule has 3 atom stereocenters. The highest BCUT2D eigenvalue weighted by atomic mass is 127. The SMILES string of the molecule is C=C=C(C[C@@H](c1ccc(Cl)cc1)c1ccc2c(c1)CCCC2)Nc1cncc(F)c1CC[C@@H]1CN[C@H](COC(=C=C)NCC(F)(F)I)CO1. The second kappa shape index (κ2) is 17.6. The van der Waals surface area contributed by atoms with Crippen LogP contribution in [-0.2, 0) is 28.7 Å². The average molecular weight is 805 g/mol. The minimum Gasteiger partial charge on any atom is -0.472 e. The van der Waals surface area contributed by atoms with Crippen molar-refractivity contribution in [2.75, 3.05) is 31.6 Å². The fraction of sp³-hybridized carbons (Fsp3) is 0.395. The van der Waals surface area contributed by atoms with Crippen LogP contribution < -0.4 is 16.0 Å². The van der Waals surface area contributed by atoms with Crippen LogP contribution in [0.2, 0.25) is 5.02 Å². The monoisotopic (exact) mass is 804 g/mol. The van der Waals surface area contributed by atoms with E-state index in [4.69, 9.17) is 21.1 Å². The summed E-state index contributed by atoms with van der Waals surface area (Å²) < 4.78 is 50.2. The van der Waals surface area contributed by atoms with Crippen LogP contribution in [0.3, 0.4) is 0 Å². The molecule has 1 aliphatic heterocycles. The number of aryl methyl sites for hydroxylation is 2. The van der Waals surface area contributed by atoms with E-state index in [0.29, 0.717) is 48.7 Å². The van der Waals surface area contributed by atoms with E-state index >= 15 is 4.39 Å². The minimum absolute atomic E-state index is 0.00547. The number of pyridine rings is 1. The number of nitrogens with zero attached hydrogens (tertiary/aromatic N) is 1. The Labute approximate surface area is 305 Å². The maximum absolute atomic E-state index is 15.3. The van der Waals surface area contributed by atoms with Gasteiger partial charge in [0.2, 0.25) is 5.88 Å². The highest BCUT2D eigenvalue weighted by molar-refractivity contribution is 14.1. The molecule has 0 bridgehead atoms. The van der Waals surface area contributed by atoms with E-state index in [1.165, 1.54) is 35.7 Å². The summed E-state index contributed by atoms with van der Waals surface area (Å²) in [5.74, 6) is -0.338. The van der Waals surface area contributed by atoms with E-state index < -0.39 is 16.3 Å². The molecule has 0 radical (unpaired) electrons. The molecule has 5 rings (SSSR count). The van der Waals surface area contributed by atoms with Gasteiger partial charge in [-0.15, -0.1) is 5.73 Å². The lowest BCUT2D eigenvalue weighted by atomic mass is 9.83. The van der Waals surface area contributed by atoms with Gasteiger partial charge < -0.3 is 25.4 Å². The highest BCUT2D eigenvalue weighted by Crippen LogP contribution is 2.35. The van der Waals surface area contributed by atoms with E-state index in [1.807, 2.05) is 12.1 Å². The Bertz CT molecular complexity index is 1680. The number of hydrogen-bond donors (Lipinski definition) is 3. The molecule has 260 valence electrons. The quantitative estimate of drug-likeness (QED) is 0.0620. The molecule has 0 unspecified atom stereocenters. The Hall–Kier alpha value is -3.24. The molecular weight excluding hydrogens is 764 g/mol. The van der Waals surface area contributed by atoms with E-state index in [0.717, 1.165) is 46.7 Å². The predicted molar refractivity (Wildman–Crippen MR) is 197 cm³/mol. The molecule has 0 spiro atoms. The summed E-state index contributed by atoms with van der Waals surface area (Å²) in [6.45, 7) is 7.92. The lowest BCUT2D eigenvalue weighted by Gasteiger charge is -2.30. The van der Waals surface area contributed by atoms with E-state index in [1.54, 1.807) is 6.20 Å². The number of benzene rings is 2. The summed E-state index contributed by atoms with van der Waals surface area (Å²) in [7, 11) is 0. The fourth-order valence-electron chi connectivity index (χ4n) is 6.25. The van der Waals surface area contributed by atoms with Crippen molar-refractivity contribution in [1.82, 2.24) is 15.6 Å². The van der Waals surface area contributed by atoms with Crippen LogP contribution in [0.1, 0.15) is 59.4 Å². The van der Waals surface area contributed by atoms with Gasteiger partial charge in [-0.25, -0.2) is 4.39 Å². The molecule has 0 saturated carbocycles. The van der Waals surface area contributed by atoms with Crippen molar-refractivity contribution in [1.29, 1.82) is 0 Å². The van der Waals surface area contributed by atoms with Gasteiger partial charge in [-0.3, -0.25) is 4.98 Å². The van der Waals surface area contributed by atoms with Gasteiger partial charge in [-0.2, -0.15) is 8.78 Å². The lowest BCUT2D eigenvalue weighted by Crippen LogP contribution is -2.49. The topological polar surface area (TPSA) is 67.4 Å². The van der Waals surface area contributed by atoms with E-state index in [9.17, 15) is 8.78 Å². The van der Waals surface area contributed by atoms with Gasteiger partial charge >= 0.3 is 3.93 Å². The van der Waals surface area contributed by atoms with Crippen LogP contribution >= 0.6 is 34.2 Å². The van der Waals surface area contributed by atoms with Crippen molar-refractivity contribution < 1.29 is 22.6 Å². The number of allylic oxidation sites excluding steroid dienone is 1. The molecule has 11 heteroatoms. The van der Waals surface area contributed by atoms with Crippen molar-refractivity contribution >= 4 is 39.9 Å². The van der Waals surface area contributed by atoms with Crippen LogP contribution in [0.4, 0.5) is 18.9 Å². The maximum Gasteiger partial charge on any atom is 0.313 e. The predicted octanol–water partition coefficient (Wildman–Crippen LogP) is 8.61. The fourth-order valence-corrected chi connectivity index (χ4v) is 6.56. The number of rotatable bonds is 15. The number of alkyl halides is 3. The molecule has 1 saturated heterocycles. The number of halogens is 5. The summed E-state index contributed by atoms with van der Waals surface area (Å²) in [5.41, 5.74) is 12.5. The van der Waals surface area contributed by atoms with Crippen molar-refractivity contribution in [2.45, 2.75) is 66.9 Å². The van der Waals surface area contributed by atoms with Gasteiger partial charge in [0, 0.05) is 52.1 Å². The van der Waals surface area contributed by atoms with Crippen molar-refractivity contribution in [3.8, 4) is 0 Å². The van der Waals surface area contributed by atoms with Crippen LogP contribution in [0.5, 0.6) is 0 Å². The Kier molecular flexibility index (Phi) is 13.3. The molecule has 2 aliphatic rings. The third kappa shape index (κ3) is 10.9. The molecule has 0 amide bonds. The molecule has 1 fully saturated rings. The second-order valence-corrected chi connectivity index (χ2v) is 14.4. The zero-order valence-electron chi connectivity index (χ0n) is 27.3. The molecule has 6 nitrogen and oxygen atoms in total. The first-order valence-corrected chi connectivity index (χ1v) is 17.9. The zero-order chi connectivity index (χ0) is 34.8. The Morgan fingerprint density at radius 2 is 1.86 bits per heavy atom. The summed E-state index contributed by atoms with van der Waals surface area (Å²) in [6, 6.07) is 14.6. The van der Waals surface area contributed by atoms with E-state index in [-0.39, 0.29) is 30.6 Å². The number of morpholine rings is 1. The second-order valence-electron chi connectivity index (χ2n) is 12.4. The van der Waals surface area contributed by atoms with Gasteiger partial charge in [0.25, 0.3) is 0 Å². The van der Waals surface area contributed by atoms with Crippen LogP contribution in [-0.4, -0.2) is 47.4 Å². The van der Waals surface area contributed by atoms with E-state index in [2.05, 4.69) is 75.9 Å². The lowest BCUT2D eigenvalue weighted by molar-refractivity contribution is -0.0172. The smallest absolute Gasteiger partial charge is 0.313 e. The number of hydrogen-bond acceptors (Lipinski definition) is 6. The van der Waals surface area contributed by atoms with Crippen LogP contribution in [0.25, 0.3) is 0 Å². The van der Waals surface area contributed by atoms with Crippen molar-refractivity contribution in [3.63, 3.8) is 0 Å². The summed E-state index contributed by atoms with van der Waals surface area (Å²) in [5, 5.41) is 9.94. The highest BCUT2D eigenvalue weighted by Gasteiger charge is 2.26. The first kappa shape index (κ1) is 37.0. The number of ether oxygens (including phenoxy) is 2. The first-order chi connectivity index (χ1) is 23.6. The summed E-state index contributed by atoms with van der Waals surface area (Å²) in [6.07, 6.45) is 8.86. The maximum atomic E-state index is 15.3. The minimum atomic E-state index is -2.92. The van der Waals surface area contributed by atoms with Crippen LogP contribution in [0.15, 0.2) is 91.1 Å².